The lowest BCUT2D eigenvalue weighted by Gasteiger charge is -2.26. The van der Waals surface area contributed by atoms with E-state index in [0.717, 1.165) is 19.3 Å². The van der Waals surface area contributed by atoms with Crippen LogP contribution in [-0.2, 0) is 22.3 Å². The van der Waals surface area contributed by atoms with E-state index in [9.17, 15) is 9.59 Å². The molecule has 0 bridgehead atoms. The molecular formula is C28H26O4. The Morgan fingerprint density at radius 3 is 1.91 bits per heavy atom. The van der Waals surface area contributed by atoms with E-state index in [4.69, 9.17) is 9.47 Å². The largest absolute Gasteiger partial charge is 0.455 e. The standard InChI is InChI=1S/C28H26O4/c29-27(20-10-3-1-4-11-20)31-25-18-23-17-22-14-8-7-9-19(22)15-16-24(23)26(25)32-28(30)21-12-5-2-6-13-21/h1-14,23-26H,15-18H2. The average Bonchev–Trinajstić information content (AvgIpc) is 3.03. The van der Waals surface area contributed by atoms with Crippen LogP contribution in [-0.4, -0.2) is 24.1 Å². The molecule has 0 N–H and O–H groups in total. The van der Waals surface area contributed by atoms with E-state index in [1.807, 2.05) is 36.4 Å². The number of aryl methyl sites for hydroxylation is 1. The first-order valence-electron chi connectivity index (χ1n) is 11.3. The summed E-state index contributed by atoms with van der Waals surface area (Å²) in [4.78, 5) is 25.7. The van der Waals surface area contributed by atoms with Crippen molar-refractivity contribution in [2.75, 3.05) is 0 Å². The van der Waals surface area contributed by atoms with Gasteiger partial charge in [0, 0.05) is 5.92 Å². The number of esters is 2. The van der Waals surface area contributed by atoms with Crippen molar-refractivity contribution in [3.8, 4) is 0 Å². The van der Waals surface area contributed by atoms with Gasteiger partial charge in [-0.15, -0.1) is 0 Å². The first kappa shape index (κ1) is 20.5. The summed E-state index contributed by atoms with van der Waals surface area (Å²) >= 11 is 0. The van der Waals surface area contributed by atoms with Crippen LogP contribution in [0.1, 0.15) is 44.7 Å². The van der Waals surface area contributed by atoms with Gasteiger partial charge in [0.05, 0.1) is 11.1 Å². The number of carbonyl (C=O) groups is 2. The predicted octanol–water partition coefficient (Wildman–Crippen LogP) is 5.26. The number of hydrogen-bond donors (Lipinski definition) is 0. The van der Waals surface area contributed by atoms with Crippen LogP contribution in [0.15, 0.2) is 84.9 Å². The van der Waals surface area contributed by atoms with Crippen molar-refractivity contribution in [3.05, 3.63) is 107 Å². The summed E-state index contributed by atoms with van der Waals surface area (Å²) in [5.41, 5.74) is 3.75. The number of carbonyl (C=O) groups excluding carboxylic acids is 2. The maximum Gasteiger partial charge on any atom is 0.338 e. The third kappa shape index (κ3) is 4.18. The molecule has 0 spiro atoms. The third-order valence-corrected chi connectivity index (χ3v) is 6.80. The molecule has 4 heteroatoms. The lowest BCUT2D eigenvalue weighted by Crippen LogP contribution is -2.35. The van der Waals surface area contributed by atoms with Crippen LogP contribution in [0.3, 0.4) is 0 Å². The van der Waals surface area contributed by atoms with E-state index in [1.165, 1.54) is 11.1 Å². The van der Waals surface area contributed by atoms with E-state index >= 15 is 0 Å². The zero-order chi connectivity index (χ0) is 21.9. The number of rotatable bonds is 4. The molecule has 4 nitrogen and oxygen atoms in total. The molecule has 3 aromatic carbocycles. The monoisotopic (exact) mass is 426 g/mol. The van der Waals surface area contributed by atoms with E-state index in [1.54, 1.807) is 24.3 Å². The highest BCUT2D eigenvalue weighted by Crippen LogP contribution is 2.43. The Hall–Kier alpha value is -3.40. The molecule has 2 aliphatic carbocycles. The molecule has 5 rings (SSSR count). The molecule has 2 aliphatic rings. The predicted molar refractivity (Wildman–Crippen MR) is 121 cm³/mol. The summed E-state index contributed by atoms with van der Waals surface area (Å²) in [5, 5.41) is 0. The summed E-state index contributed by atoms with van der Waals surface area (Å²) in [7, 11) is 0. The van der Waals surface area contributed by atoms with Crippen molar-refractivity contribution in [3.63, 3.8) is 0 Å². The van der Waals surface area contributed by atoms with Gasteiger partial charge >= 0.3 is 11.9 Å². The van der Waals surface area contributed by atoms with Crippen LogP contribution in [0.4, 0.5) is 0 Å². The van der Waals surface area contributed by atoms with Crippen LogP contribution in [0, 0.1) is 11.8 Å². The Morgan fingerprint density at radius 2 is 1.25 bits per heavy atom. The molecule has 0 aliphatic heterocycles. The van der Waals surface area contributed by atoms with Gasteiger partial charge in [0.15, 0.2) is 0 Å². The van der Waals surface area contributed by atoms with Crippen molar-refractivity contribution in [1.82, 2.24) is 0 Å². The molecule has 1 fully saturated rings. The van der Waals surface area contributed by atoms with Gasteiger partial charge in [0.2, 0.25) is 0 Å². The van der Waals surface area contributed by atoms with Crippen molar-refractivity contribution in [2.45, 2.75) is 37.9 Å². The van der Waals surface area contributed by atoms with Gasteiger partial charge in [-0.1, -0.05) is 60.7 Å². The number of benzene rings is 3. The topological polar surface area (TPSA) is 52.6 Å². The van der Waals surface area contributed by atoms with Gasteiger partial charge in [0.1, 0.15) is 12.2 Å². The highest BCUT2D eigenvalue weighted by atomic mass is 16.6. The van der Waals surface area contributed by atoms with E-state index in [-0.39, 0.29) is 17.9 Å². The molecule has 0 heterocycles. The number of fused-ring (bicyclic) bond motifs is 2. The molecule has 0 radical (unpaired) electrons. The zero-order valence-electron chi connectivity index (χ0n) is 17.9. The van der Waals surface area contributed by atoms with E-state index in [0.29, 0.717) is 23.5 Å². The van der Waals surface area contributed by atoms with Crippen LogP contribution in [0.5, 0.6) is 0 Å². The molecule has 0 aromatic heterocycles. The number of ether oxygens (including phenoxy) is 2. The van der Waals surface area contributed by atoms with Crippen LogP contribution < -0.4 is 0 Å². The first-order chi connectivity index (χ1) is 15.7. The number of hydrogen-bond acceptors (Lipinski definition) is 4. The molecule has 0 amide bonds. The third-order valence-electron chi connectivity index (χ3n) is 6.80. The minimum atomic E-state index is -0.449. The Labute approximate surface area is 188 Å². The lowest BCUT2D eigenvalue weighted by atomic mass is 9.89. The lowest BCUT2D eigenvalue weighted by molar-refractivity contribution is -0.0365. The van der Waals surface area contributed by atoms with Crippen LogP contribution in [0.2, 0.25) is 0 Å². The fraction of sp³-hybridized carbons (Fsp3) is 0.286. The summed E-state index contributed by atoms with van der Waals surface area (Å²) in [6.07, 6.45) is 2.57. The van der Waals surface area contributed by atoms with Crippen LogP contribution >= 0.6 is 0 Å². The minimum absolute atomic E-state index is 0.156. The smallest absolute Gasteiger partial charge is 0.338 e. The fourth-order valence-electron chi connectivity index (χ4n) is 5.22. The summed E-state index contributed by atoms with van der Waals surface area (Å²) < 4.78 is 12.0. The Balaban J connectivity index is 1.40. The maximum atomic E-state index is 12.9. The quantitative estimate of drug-likeness (QED) is 0.534. The van der Waals surface area contributed by atoms with Gasteiger partial charge in [-0.25, -0.2) is 9.59 Å². The SMILES string of the molecule is O=C(OC1CC2Cc3ccccc3CCC2C1OC(=O)c1ccccc1)c1ccccc1. The van der Waals surface area contributed by atoms with E-state index in [2.05, 4.69) is 24.3 Å². The van der Waals surface area contributed by atoms with Crippen molar-refractivity contribution >= 4 is 11.9 Å². The molecule has 162 valence electrons. The molecule has 3 aromatic rings. The van der Waals surface area contributed by atoms with Gasteiger partial charge in [-0.3, -0.25) is 0 Å². The maximum absolute atomic E-state index is 12.9. The normalized spacial score (nSPS) is 24.0. The van der Waals surface area contributed by atoms with Gasteiger partial charge in [-0.05, 0) is 67.0 Å². The highest BCUT2D eigenvalue weighted by molar-refractivity contribution is 5.90. The highest BCUT2D eigenvalue weighted by Gasteiger charge is 2.48. The fourth-order valence-corrected chi connectivity index (χ4v) is 5.22. The van der Waals surface area contributed by atoms with Crippen molar-refractivity contribution in [2.24, 2.45) is 11.8 Å². The van der Waals surface area contributed by atoms with Crippen molar-refractivity contribution in [1.29, 1.82) is 0 Å². The summed E-state index contributed by atoms with van der Waals surface area (Å²) in [6.45, 7) is 0. The molecule has 32 heavy (non-hydrogen) atoms. The first-order valence-corrected chi connectivity index (χ1v) is 11.3. The second-order valence-electron chi connectivity index (χ2n) is 8.72. The Kier molecular flexibility index (Phi) is 5.76. The van der Waals surface area contributed by atoms with E-state index < -0.39 is 12.2 Å². The summed E-state index contributed by atoms with van der Waals surface area (Å²) in [6, 6.07) is 26.6. The average molecular weight is 427 g/mol. The zero-order valence-corrected chi connectivity index (χ0v) is 17.9. The second-order valence-corrected chi connectivity index (χ2v) is 8.72. The van der Waals surface area contributed by atoms with Gasteiger partial charge in [-0.2, -0.15) is 0 Å². The minimum Gasteiger partial charge on any atom is -0.455 e. The Bertz CT molecular complexity index is 1090. The van der Waals surface area contributed by atoms with Gasteiger partial charge in [0.25, 0.3) is 0 Å². The Morgan fingerprint density at radius 1 is 0.688 bits per heavy atom. The molecule has 1 saturated carbocycles. The van der Waals surface area contributed by atoms with Gasteiger partial charge < -0.3 is 9.47 Å². The molecular weight excluding hydrogens is 400 g/mol. The second kappa shape index (κ2) is 8.99. The van der Waals surface area contributed by atoms with Crippen LogP contribution in [0.25, 0.3) is 0 Å². The molecule has 4 unspecified atom stereocenters. The summed E-state index contributed by atoms with van der Waals surface area (Å²) in [5.74, 6) is -0.267. The molecule has 0 saturated heterocycles. The van der Waals surface area contributed by atoms with Crippen molar-refractivity contribution < 1.29 is 19.1 Å². The molecule has 4 atom stereocenters.